The molecule has 1 aliphatic rings. The van der Waals surface area contributed by atoms with Gasteiger partial charge in [-0.1, -0.05) is 24.3 Å². The quantitative estimate of drug-likeness (QED) is 0.438. The van der Waals surface area contributed by atoms with Gasteiger partial charge in [0.15, 0.2) is 6.61 Å². The van der Waals surface area contributed by atoms with Crippen LogP contribution in [0.3, 0.4) is 0 Å². The van der Waals surface area contributed by atoms with Gasteiger partial charge in [0.2, 0.25) is 15.8 Å². The molecule has 0 radical (unpaired) electrons. The number of ether oxygens (including phenoxy) is 2. The number of aromatic nitrogens is 1. The SMILES string of the molecule is Cc1[nH]c2ccccc2c1C(=O)COC(=O)c1cccc(S(=O)(=O)N2CC(C)OC(C)C2)c1. The third kappa shape index (κ3) is 4.71. The van der Waals surface area contributed by atoms with Crippen LogP contribution in [0.2, 0.25) is 0 Å². The number of nitrogens with one attached hydrogen (secondary N) is 1. The van der Waals surface area contributed by atoms with Crippen molar-refractivity contribution in [3.63, 3.8) is 0 Å². The van der Waals surface area contributed by atoms with Crippen LogP contribution in [-0.4, -0.2) is 61.4 Å². The lowest BCUT2D eigenvalue weighted by Crippen LogP contribution is -2.48. The molecule has 4 rings (SSSR count). The van der Waals surface area contributed by atoms with Gasteiger partial charge in [-0.2, -0.15) is 4.31 Å². The van der Waals surface area contributed by atoms with E-state index in [-0.39, 0.29) is 41.5 Å². The van der Waals surface area contributed by atoms with Crippen molar-refractivity contribution in [2.45, 2.75) is 37.9 Å². The largest absolute Gasteiger partial charge is 0.454 e. The zero-order valence-electron chi connectivity index (χ0n) is 18.7. The lowest BCUT2D eigenvalue weighted by atomic mass is 10.1. The maximum Gasteiger partial charge on any atom is 0.338 e. The summed E-state index contributed by atoms with van der Waals surface area (Å²) in [5.74, 6) is -1.10. The number of morpholine rings is 1. The molecule has 0 saturated carbocycles. The molecule has 1 aliphatic heterocycles. The summed E-state index contributed by atoms with van der Waals surface area (Å²) < 4.78 is 38.4. The van der Waals surface area contributed by atoms with Crippen molar-refractivity contribution >= 4 is 32.7 Å². The Kier molecular flexibility index (Phi) is 6.38. The van der Waals surface area contributed by atoms with E-state index >= 15 is 0 Å². The van der Waals surface area contributed by atoms with Crippen LogP contribution in [-0.2, 0) is 19.5 Å². The Balaban J connectivity index is 1.49. The molecule has 0 aliphatic carbocycles. The number of H-pyrrole nitrogens is 1. The van der Waals surface area contributed by atoms with E-state index < -0.39 is 22.6 Å². The number of nitrogens with zero attached hydrogens (tertiary/aromatic N) is 1. The van der Waals surface area contributed by atoms with Crippen LogP contribution in [0.4, 0.5) is 0 Å². The summed E-state index contributed by atoms with van der Waals surface area (Å²) in [6, 6.07) is 13.1. The number of carbonyl (C=O) groups is 2. The van der Waals surface area contributed by atoms with Crippen molar-refractivity contribution in [2.24, 2.45) is 0 Å². The number of carbonyl (C=O) groups excluding carboxylic acids is 2. The van der Waals surface area contributed by atoms with Gasteiger partial charge in [-0.05, 0) is 45.0 Å². The average Bonchev–Trinajstić information content (AvgIpc) is 3.12. The van der Waals surface area contributed by atoms with Gasteiger partial charge in [-0.15, -0.1) is 0 Å². The molecule has 0 amide bonds. The number of Topliss-reactive ketones (excluding diaryl/α,β-unsaturated/α-hetero) is 1. The van der Waals surface area contributed by atoms with E-state index in [0.29, 0.717) is 11.3 Å². The molecule has 0 bridgehead atoms. The van der Waals surface area contributed by atoms with Crippen LogP contribution >= 0.6 is 0 Å². The highest BCUT2D eigenvalue weighted by atomic mass is 32.2. The number of aromatic amines is 1. The van der Waals surface area contributed by atoms with E-state index in [0.717, 1.165) is 10.9 Å². The number of esters is 1. The lowest BCUT2D eigenvalue weighted by molar-refractivity contribution is -0.0440. The second-order valence-electron chi connectivity index (χ2n) is 8.28. The van der Waals surface area contributed by atoms with Gasteiger partial charge >= 0.3 is 5.97 Å². The fraction of sp³-hybridized carbons (Fsp3) is 0.333. The van der Waals surface area contributed by atoms with E-state index in [1.54, 1.807) is 6.92 Å². The molecule has 1 N–H and O–H groups in total. The summed E-state index contributed by atoms with van der Waals surface area (Å²) in [5, 5.41) is 0.762. The van der Waals surface area contributed by atoms with E-state index in [1.807, 2.05) is 38.1 Å². The predicted octanol–water partition coefficient (Wildman–Crippen LogP) is 3.31. The highest BCUT2D eigenvalue weighted by Gasteiger charge is 2.32. The van der Waals surface area contributed by atoms with Crippen LogP contribution in [0.1, 0.15) is 40.3 Å². The Bertz CT molecular complexity index is 1300. The molecule has 9 heteroatoms. The van der Waals surface area contributed by atoms with E-state index in [9.17, 15) is 18.0 Å². The van der Waals surface area contributed by atoms with Gasteiger partial charge in [0.05, 0.1) is 22.7 Å². The molecule has 2 heterocycles. The highest BCUT2D eigenvalue weighted by Crippen LogP contribution is 2.24. The monoisotopic (exact) mass is 470 g/mol. The van der Waals surface area contributed by atoms with Gasteiger partial charge in [0.1, 0.15) is 0 Å². The van der Waals surface area contributed by atoms with Crippen LogP contribution in [0, 0.1) is 6.92 Å². The van der Waals surface area contributed by atoms with Crippen molar-refractivity contribution in [3.8, 4) is 0 Å². The third-order valence-electron chi connectivity index (χ3n) is 5.60. The van der Waals surface area contributed by atoms with Crippen molar-refractivity contribution in [3.05, 3.63) is 65.4 Å². The third-order valence-corrected chi connectivity index (χ3v) is 7.43. The minimum Gasteiger partial charge on any atom is -0.454 e. The second kappa shape index (κ2) is 9.09. The summed E-state index contributed by atoms with van der Waals surface area (Å²) in [7, 11) is -3.81. The Labute approximate surface area is 192 Å². The molecule has 8 nitrogen and oxygen atoms in total. The first-order chi connectivity index (χ1) is 15.7. The number of ketones is 1. The number of benzene rings is 2. The van der Waals surface area contributed by atoms with Gasteiger partial charge in [0.25, 0.3) is 0 Å². The topological polar surface area (TPSA) is 106 Å². The molecule has 33 heavy (non-hydrogen) atoms. The first-order valence-corrected chi connectivity index (χ1v) is 12.1. The molecular formula is C24H26N2O6S. The maximum atomic E-state index is 13.1. The van der Waals surface area contributed by atoms with Crippen LogP contribution in [0.5, 0.6) is 0 Å². The highest BCUT2D eigenvalue weighted by molar-refractivity contribution is 7.89. The fourth-order valence-corrected chi connectivity index (χ4v) is 5.82. The lowest BCUT2D eigenvalue weighted by Gasteiger charge is -2.34. The minimum atomic E-state index is -3.81. The average molecular weight is 471 g/mol. The number of sulfonamides is 1. The Morgan fingerprint density at radius 3 is 2.52 bits per heavy atom. The Morgan fingerprint density at radius 2 is 1.79 bits per heavy atom. The standard InChI is InChI=1S/C24H26N2O6S/c1-15-12-26(13-16(2)32-15)33(29,30)19-8-6-7-18(11-19)24(28)31-14-22(27)23-17(3)25-21-10-5-4-9-20(21)23/h4-11,15-16,25H,12-14H2,1-3H3. The first kappa shape index (κ1) is 23.2. The molecule has 1 fully saturated rings. The zero-order chi connectivity index (χ0) is 23.8. The molecule has 2 unspecified atom stereocenters. The smallest absolute Gasteiger partial charge is 0.338 e. The molecule has 2 aromatic carbocycles. The van der Waals surface area contributed by atoms with Crippen LogP contribution < -0.4 is 0 Å². The normalized spacial score (nSPS) is 19.5. The molecule has 0 spiro atoms. The van der Waals surface area contributed by atoms with Gasteiger partial charge < -0.3 is 14.5 Å². The van der Waals surface area contributed by atoms with E-state index in [2.05, 4.69) is 4.98 Å². The predicted molar refractivity (Wildman–Crippen MR) is 123 cm³/mol. The molecule has 1 aromatic heterocycles. The summed E-state index contributed by atoms with van der Waals surface area (Å²) >= 11 is 0. The molecule has 174 valence electrons. The molecule has 1 saturated heterocycles. The molecular weight excluding hydrogens is 444 g/mol. The van der Waals surface area contributed by atoms with Crippen LogP contribution in [0.15, 0.2) is 53.4 Å². The number of hydrogen-bond donors (Lipinski definition) is 1. The van der Waals surface area contributed by atoms with Gasteiger partial charge in [-0.25, -0.2) is 13.2 Å². The number of aryl methyl sites for hydroxylation is 1. The Hall–Kier alpha value is -3.01. The minimum absolute atomic E-state index is 0.00273. The van der Waals surface area contributed by atoms with Crippen molar-refractivity contribution in [1.82, 2.24) is 9.29 Å². The molecule has 2 atom stereocenters. The van der Waals surface area contributed by atoms with E-state index in [1.165, 1.54) is 28.6 Å². The van der Waals surface area contributed by atoms with Crippen molar-refractivity contribution < 1.29 is 27.5 Å². The summed E-state index contributed by atoms with van der Waals surface area (Å²) in [6.45, 7) is 5.45. The van der Waals surface area contributed by atoms with Crippen molar-refractivity contribution in [1.29, 1.82) is 0 Å². The fourth-order valence-electron chi connectivity index (χ4n) is 4.18. The van der Waals surface area contributed by atoms with Crippen LogP contribution in [0.25, 0.3) is 10.9 Å². The van der Waals surface area contributed by atoms with Gasteiger partial charge in [-0.3, -0.25) is 4.79 Å². The summed E-state index contributed by atoms with van der Waals surface area (Å²) in [6.07, 6.45) is -0.452. The van der Waals surface area contributed by atoms with E-state index in [4.69, 9.17) is 9.47 Å². The zero-order valence-corrected chi connectivity index (χ0v) is 19.5. The maximum absolute atomic E-state index is 13.1. The number of para-hydroxylation sites is 1. The Morgan fingerprint density at radius 1 is 1.09 bits per heavy atom. The first-order valence-electron chi connectivity index (χ1n) is 10.7. The second-order valence-corrected chi connectivity index (χ2v) is 10.2. The number of hydrogen-bond acceptors (Lipinski definition) is 6. The summed E-state index contributed by atoms with van der Waals surface area (Å²) in [5.41, 5.74) is 2.06. The van der Waals surface area contributed by atoms with Crippen molar-refractivity contribution in [2.75, 3.05) is 19.7 Å². The number of rotatable bonds is 6. The van der Waals surface area contributed by atoms with Gasteiger partial charge in [0, 0.05) is 35.2 Å². The molecule has 3 aromatic rings. The number of fused-ring (bicyclic) bond motifs is 1. The summed E-state index contributed by atoms with van der Waals surface area (Å²) in [4.78, 5) is 28.5.